The third kappa shape index (κ3) is 3.79. The van der Waals surface area contributed by atoms with E-state index in [1.807, 2.05) is 6.07 Å². The van der Waals surface area contributed by atoms with Crippen molar-refractivity contribution in [3.8, 4) is 5.75 Å². The lowest BCUT2D eigenvalue weighted by Crippen LogP contribution is -2.36. The first kappa shape index (κ1) is 17.3. The molecule has 25 heavy (non-hydrogen) atoms. The highest BCUT2D eigenvalue weighted by molar-refractivity contribution is 5.44. The van der Waals surface area contributed by atoms with E-state index in [2.05, 4.69) is 20.3 Å². The zero-order chi connectivity index (χ0) is 18.0. The SMILES string of the molecule is COc1cncc([C@@H](Nc2ncc(F)c(N(C)C)n2)C2CC(O)C2)c1. The highest BCUT2D eigenvalue weighted by atomic mass is 19.1. The number of halogens is 1. The van der Waals surface area contributed by atoms with E-state index in [1.165, 1.54) is 0 Å². The fourth-order valence-electron chi connectivity index (χ4n) is 2.97. The van der Waals surface area contributed by atoms with Gasteiger partial charge in [0, 0.05) is 20.3 Å². The molecule has 2 heterocycles. The molecule has 0 saturated heterocycles. The third-order valence-electron chi connectivity index (χ3n) is 4.38. The molecule has 2 N–H and O–H groups in total. The van der Waals surface area contributed by atoms with Crippen LogP contribution in [0.4, 0.5) is 16.2 Å². The van der Waals surface area contributed by atoms with Crippen LogP contribution in [0.25, 0.3) is 0 Å². The Balaban J connectivity index is 1.89. The Hall–Kier alpha value is -2.48. The van der Waals surface area contributed by atoms with E-state index in [0.29, 0.717) is 24.5 Å². The number of nitrogens with zero attached hydrogens (tertiary/aromatic N) is 4. The molecule has 3 rings (SSSR count). The molecule has 0 aromatic carbocycles. The average molecular weight is 347 g/mol. The second-order valence-corrected chi connectivity index (χ2v) is 6.42. The quantitative estimate of drug-likeness (QED) is 0.827. The molecule has 2 aromatic heterocycles. The molecule has 1 aliphatic carbocycles. The number of ether oxygens (including phenoxy) is 1. The molecule has 0 unspecified atom stereocenters. The Kier molecular flexibility index (Phi) is 4.98. The van der Waals surface area contributed by atoms with Crippen LogP contribution in [0, 0.1) is 11.7 Å². The van der Waals surface area contributed by atoms with Gasteiger partial charge < -0.3 is 20.1 Å². The summed E-state index contributed by atoms with van der Waals surface area (Å²) >= 11 is 0. The van der Waals surface area contributed by atoms with Gasteiger partial charge in [-0.3, -0.25) is 4.98 Å². The summed E-state index contributed by atoms with van der Waals surface area (Å²) in [4.78, 5) is 14.1. The van der Waals surface area contributed by atoms with Crippen molar-refractivity contribution in [1.82, 2.24) is 15.0 Å². The molecule has 2 aromatic rings. The first-order valence-electron chi connectivity index (χ1n) is 8.11. The molecular formula is C17H22FN5O2. The lowest BCUT2D eigenvalue weighted by Gasteiger charge is -2.38. The Morgan fingerprint density at radius 1 is 1.32 bits per heavy atom. The topological polar surface area (TPSA) is 83.4 Å². The molecule has 1 fully saturated rings. The third-order valence-corrected chi connectivity index (χ3v) is 4.38. The zero-order valence-electron chi connectivity index (χ0n) is 14.5. The fraction of sp³-hybridized carbons (Fsp3) is 0.471. The van der Waals surface area contributed by atoms with Crippen molar-refractivity contribution in [3.05, 3.63) is 36.0 Å². The number of rotatable bonds is 6. The van der Waals surface area contributed by atoms with E-state index in [0.717, 1.165) is 11.8 Å². The first-order valence-corrected chi connectivity index (χ1v) is 8.11. The molecule has 0 aliphatic heterocycles. The number of anilines is 2. The van der Waals surface area contributed by atoms with Gasteiger partial charge in [0.15, 0.2) is 11.6 Å². The standard InChI is InChI=1S/C17H22FN5O2/c1-23(2)16-14(18)9-20-17(22-16)21-15(10-4-12(24)5-10)11-6-13(25-3)8-19-7-11/h6-10,12,15,24H,4-5H2,1-3H3,(H,20,21,22)/t10?,12?,15-/m0/s1. The van der Waals surface area contributed by atoms with Crippen LogP contribution in [0.5, 0.6) is 5.75 Å². The Bertz CT molecular complexity index is 737. The van der Waals surface area contributed by atoms with Gasteiger partial charge in [0.2, 0.25) is 5.95 Å². The van der Waals surface area contributed by atoms with Crippen LogP contribution >= 0.6 is 0 Å². The number of nitrogens with one attached hydrogen (secondary N) is 1. The summed E-state index contributed by atoms with van der Waals surface area (Å²) in [5.41, 5.74) is 0.913. The summed E-state index contributed by atoms with van der Waals surface area (Å²) in [7, 11) is 5.03. The largest absolute Gasteiger partial charge is 0.495 e. The van der Waals surface area contributed by atoms with E-state index in [4.69, 9.17) is 4.74 Å². The minimum atomic E-state index is -0.478. The van der Waals surface area contributed by atoms with E-state index < -0.39 is 5.82 Å². The second kappa shape index (κ2) is 7.18. The fourth-order valence-corrected chi connectivity index (χ4v) is 2.97. The maximum absolute atomic E-state index is 13.8. The summed E-state index contributed by atoms with van der Waals surface area (Å²) in [5, 5.41) is 12.9. The van der Waals surface area contributed by atoms with Gasteiger partial charge in [-0.1, -0.05) is 0 Å². The van der Waals surface area contributed by atoms with E-state index >= 15 is 0 Å². The summed E-state index contributed by atoms with van der Waals surface area (Å²) in [5.74, 6) is 0.931. The van der Waals surface area contributed by atoms with Crippen LogP contribution in [0.2, 0.25) is 0 Å². The van der Waals surface area contributed by atoms with Crippen LogP contribution in [-0.2, 0) is 0 Å². The van der Waals surface area contributed by atoms with Crippen LogP contribution in [0.3, 0.4) is 0 Å². The average Bonchev–Trinajstić information content (AvgIpc) is 2.58. The van der Waals surface area contributed by atoms with E-state index in [1.54, 1.807) is 38.5 Å². The van der Waals surface area contributed by atoms with Gasteiger partial charge in [0.05, 0.1) is 31.6 Å². The number of methoxy groups -OCH3 is 1. The van der Waals surface area contributed by atoms with Gasteiger partial charge in [0.25, 0.3) is 0 Å². The normalized spacial score (nSPS) is 20.5. The molecule has 0 amide bonds. The highest BCUT2D eigenvalue weighted by Crippen LogP contribution is 2.40. The molecule has 1 atom stereocenters. The summed E-state index contributed by atoms with van der Waals surface area (Å²) < 4.78 is 19.1. The lowest BCUT2D eigenvalue weighted by atomic mass is 9.75. The molecule has 0 spiro atoms. The van der Waals surface area contributed by atoms with Gasteiger partial charge >= 0.3 is 0 Å². The van der Waals surface area contributed by atoms with Crippen LogP contribution in [0.15, 0.2) is 24.7 Å². The van der Waals surface area contributed by atoms with Crippen LogP contribution in [-0.4, -0.2) is 47.4 Å². The van der Waals surface area contributed by atoms with Gasteiger partial charge in [-0.05, 0) is 30.4 Å². The predicted molar refractivity (Wildman–Crippen MR) is 92.2 cm³/mol. The van der Waals surface area contributed by atoms with Crippen molar-refractivity contribution in [2.45, 2.75) is 25.0 Å². The number of hydrogen-bond acceptors (Lipinski definition) is 7. The van der Waals surface area contributed by atoms with Gasteiger partial charge in [-0.2, -0.15) is 4.98 Å². The molecule has 134 valence electrons. The highest BCUT2D eigenvalue weighted by Gasteiger charge is 2.35. The van der Waals surface area contributed by atoms with Crippen molar-refractivity contribution < 1.29 is 14.2 Å². The maximum atomic E-state index is 13.8. The summed E-state index contributed by atoms with van der Waals surface area (Å²) in [6, 6.07) is 1.75. The van der Waals surface area contributed by atoms with Crippen molar-refractivity contribution in [2.75, 3.05) is 31.4 Å². The number of aromatic nitrogens is 3. The minimum Gasteiger partial charge on any atom is -0.495 e. The van der Waals surface area contributed by atoms with E-state index in [-0.39, 0.29) is 23.9 Å². The van der Waals surface area contributed by atoms with Gasteiger partial charge in [0.1, 0.15) is 5.75 Å². The van der Waals surface area contributed by atoms with Gasteiger partial charge in [-0.25, -0.2) is 9.37 Å². The van der Waals surface area contributed by atoms with Gasteiger partial charge in [-0.15, -0.1) is 0 Å². The first-order chi connectivity index (χ1) is 12.0. The summed E-state index contributed by atoms with van der Waals surface area (Å²) in [6.45, 7) is 0. The Morgan fingerprint density at radius 3 is 2.72 bits per heavy atom. The lowest BCUT2D eigenvalue weighted by molar-refractivity contribution is 0.0338. The smallest absolute Gasteiger partial charge is 0.225 e. The number of aliphatic hydroxyl groups is 1. The Labute approximate surface area is 145 Å². The molecule has 0 bridgehead atoms. The molecule has 8 heteroatoms. The molecule has 7 nitrogen and oxygen atoms in total. The monoisotopic (exact) mass is 347 g/mol. The van der Waals surface area contributed by atoms with Crippen molar-refractivity contribution in [2.24, 2.45) is 5.92 Å². The van der Waals surface area contributed by atoms with Crippen molar-refractivity contribution >= 4 is 11.8 Å². The molecule has 1 saturated carbocycles. The maximum Gasteiger partial charge on any atom is 0.225 e. The van der Waals surface area contributed by atoms with Crippen LogP contribution in [0.1, 0.15) is 24.4 Å². The summed E-state index contributed by atoms with van der Waals surface area (Å²) in [6.07, 6.45) is 5.60. The number of pyridine rings is 1. The van der Waals surface area contributed by atoms with E-state index in [9.17, 15) is 9.50 Å². The Morgan fingerprint density at radius 2 is 2.08 bits per heavy atom. The predicted octanol–water partition coefficient (Wildman–Crippen LogP) is 2.01. The number of aliphatic hydroxyl groups excluding tert-OH is 1. The molecule has 1 aliphatic rings. The van der Waals surface area contributed by atoms with Crippen LogP contribution < -0.4 is 15.0 Å². The number of hydrogen-bond donors (Lipinski definition) is 2. The zero-order valence-corrected chi connectivity index (χ0v) is 14.5. The second-order valence-electron chi connectivity index (χ2n) is 6.42. The van der Waals surface area contributed by atoms with Crippen molar-refractivity contribution in [3.63, 3.8) is 0 Å². The minimum absolute atomic E-state index is 0.147. The molecule has 0 radical (unpaired) electrons. The molecular weight excluding hydrogens is 325 g/mol. The van der Waals surface area contributed by atoms with Crippen molar-refractivity contribution in [1.29, 1.82) is 0 Å².